The number of imidazole rings is 1. The molecule has 0 saturated heterocycles. The minimum absolute atomic E-state index is 0.326. The molecular weight excluding hydrogens is 391 g/mol. The fourth-order valence-corrected chi connectivity index (χ4v) is 4.66. The number of hydrogen-bond acceptors (Lipinski definition) is 2. The lowest BCUT2D eigenvalue weighted by molar-refractivity contribution is 0.528. The van der Waals surface area contributed by atoms with Crippen LogP contribution in [0.2, 0.25) is 0 Å². The Kier molecular flexibility index (Phi) is 4.60. The molecule has 0 atom stereocenters. The smallest absolute Gasteiger partial charge is 0.193 e. The van der Waals surface area contributed by atoms with E-state index < -0.39 is 0 Å². The highest BCUT2D eigenvalue weighted by atomic mass is 79.9. The maximum absolute atomic E-state index is 6.32. The zero-order valence-corrected chi connectivity index (χ0v) is 15.0. The van der Waals surface area contributed by atoms with Crippen LogP contribution in [0.15, 0.2) is 46.5 Å². The first-order chi connectivity index (χ1) is 10.2. The van der Waals surface area contributed by atoms with Crippen molar-refractivity contribution in [2.24, 2.45) is 0 Å². The Labute approximate surface area is 145 Å². The van der Waals surface area contributed by atoms with Gasteiger partial charge in [0.25, 0.3) is 0 Å². The zero-order chi connectivity index (χ0) is 14.9. The SMILES string of the molecule is ClCC(CCl)(Cc1cn2ccsc2n1)c1ccccc1Br. The summed E-state index contributed by atoms with van der Waals surface area (Å²) in [6.07, 6.45) is 4.78. The first-order valence-corrected chi connectivity index (χ1v) is 9.21. The van der Waals surface area contributed by atoms with Gasteiger partial charge >= 0.3 is 0 Å². The predicted molar refractivity (Wildman–Crippen MR) is 94.0 cm³/mol. The standard InChI is InChI=1S/C15H13BrCl2N2S/c16-13-4-2-1-3-12(13)15(9-17,10-18)7-11-8-20-5-6-21-14(20)19-11/h1-6,8H,7,9-10H2. The number of aromatic nitrogens is 2. The van der Waals surface area contributed by atoms with E-state index in [0.717, 1.165) is 27.1 Å². The first kappa shape index (κ1) is 15.3. The van der Waals surface area contributed by atoms with Crippen LogP contribution < -0.4 is 0 Å². The first-order valence-electron chi connectivity index (χ1n) is 6.46. The Balaban J connectivity index is 2.01. The van der Waals surface area contributed by atoms with E-state index in [2.05, 4.69) is 33.2 Å². The summed E-state index contributed by atoms with van der Waals surface area (Å²) in [4.78, 5) is 5.65. The van der Waals surface area contributed by atoms with Gasteiger partial charge in [-0.25, -0.2) is 4.98 Å². The largest absolute Gasteiger partial charge is 0.297 e. The minimum atomic E-state index is -0.326. The number of fused-ring (bicyclic) bond motifs is 1. The van der Waals surface area contributed by atoms with Crippen molar-refractivity contribution in [2.75, 3.05) is 11.8 Å². The number of rotatable bonds is 5. The van der Waals surface area contributed by atoms with Crippen LogP contribution in [0.1, 0.15) is 11.3 Å². The van der Waals surface area contributed by atoms with E-state index in [1.165, 1.54) is 0 Å². The van der Waals surface area contributed by atoms with Gasteiger partial charge in [-0.2, -0.15) is 0 Å². The lowest BCUT2D eigenvalue weighted by atomic mass is 9.80. The van der Waals surface area contributed by atoms with Crippen molar-refractivity contribution in [3.8, 4) is 0 Å². The molecule has 0 fully saturated rings. The van der Waals surface area contributed by atoms with E-state index in [9.17, 15) is 0 Å². The summed E-state index contributed by atoms with van der Waals surface area (Å²) >= 11 is 17.9. The molecule has 2 nitrogen and oxygen atoms in total. The van der Waals surface area contributed by atoms with E-state index in [-0.39, 0.29) is 5.41 Å². The average molecular weight is 404 g/mol. The number of halogens is 3. The second-order valence-electron chi connectivity index (χ2n) is 5.03. The van der Waals surface area contributed by atoms with Gasteiger partial charge in [0.15, 0.2) is 4.96 Å². The van der Waals surface area contributed by atoms with Gasteiger partial charge in [-0.1, -0.05) is 34.1 Å². The summed E-state index contributed by atoms with van der Waals surface area (Å²) in [5.74, 6) is 0.897. The zero-order valence-electron chi connectivity index (χ0n) is 11.1. The molecular formula is C15H13BrCl2N2S. The normalized spacial score (nSPS) is 12.1. The quantitative estimate of drug-likeness (QED) is 0.540. The van der Waals surface area contributed by atoms with Crippen LogP contribution in [-0.2, 0) is 11.8 Å². The molecule has 2 heterocycles. The Hall–Kier alpha value is -0.550. The second-order valence-corrected chi connectivity index (χ2v) is 7.29. The summed E-state index contributed by atoms with van der Waals surface area (Å²) in [7, 11) is 0. The van der Waals surface area contributed by atoms with Gasteiger partial charge in [0.2, 0.25) is 0 Å². The van der Waals surface area contributed by atoms with Crippen molar-refractivity contribution in [1.82, 2.24) is 9.38 Å². The summed E-state index contributed by atoms with van der Waals surface area (Å²) in [5.41, 5.74) is 1.82. The van der Waals surface area contributed by atoms with E-state index >= 15 is 0 Å². The Bertz CT molecular complexity index is 720. The third-order valence-electron chi connectivity index (χ3n) is 3.62. The van der Waals surface area contributed by atoms with Crippen molar-refractivity contribution >= 4 is 55.4 Å². The molecule has 0 N–H and O–H groups in total. The number of benzene rings is 1. The number of thiazole rings is 1. The highest BCUT2D eigenvalue weighted by Crippen LogP contribution is 2.36. The second kappa shape index (κ2) is 6.29. The van der Waals surface area contributed by atoms with Crippen LogP contribution in [0.5, 0.6) is 0 Å². The molecule has 0 spiro atoms. The van der Waals surface area contributed by atoms with Crippen LogP contribution in [0, 0.1) is 0 Å². The van der Waals surface area contributed by atoms with Crippen molar-refractivity contribution in [3.63, 3.8) is 0 Å². The van der Waals surface area contributed by atoms with Gasteiger partial charge < -0.3 is 0 Å². The third kappa shape index (κ3) is 2.87. The highest BCUT2D eigenvalue weighted by molar-refractivity contribution is 9.10. The fourth-order valence-electron chi connectivity index (χ4n) is 2.47. The summed E-state index contributed by atoms with van der Waals surface area (Å²) < 4.78 is 3.07. The van der Waals surface area contributed by atoms with E-state index in [1.54, 1.807) is 11.3 Å². The van der Waals surface area contributed by atoms with E-state index in [0.29, 0.717) is 11.8 Å². The van der Waals surface area contributed by atoms with E-state index in [1.807, 2.05) is 34.2 Å². The minimum Gasteiger partial charge on any atom is -0.297 e. The molecule has 0 radical (unpaired) electrons. The van der Waals surface area contributed by atoms with Crippen molar-refractivity contribution in [3.05, 3.63) is 57.8 Å². The van der Waals surface area contributed by atoms with Crippen LogP contribution >= 0.6 is 50.5 Å². The van der Waals surface area contributed by atoms with Crippen LogP contribution in [0.25, 0.3) is 4.96 Å². The molecule has 0 unspecified atom stereocenters. The molecule has 1 aromatic carbocycles. The van der Waals surface area contributed by atoms with Crippen LogP contribution in [0.4, 0.5) is 0 Å². The number of hydrogen-bond donors (Lipinski definition) is 0. The molecule has 0 saturated carbocycles. The van der Waals surface area contributed by atoms with Gasteiger partial charge in [0.1, 0.15) is 0 Å². The number of nitrogens with zero attached hydrogens (tertiary/aromatic N) is 2. The van der Waals surface area contributed by atoms with Crippen molar-refractivity contribution in [1.29, 1.82) is 0 Å². The summed E-state index contributed by atoms with van der Waals surface area (Å²) in [5, 5.41) is 2.02. The van der Waals surface area contributed by atoms with Crippen LogP contribution in [0.3, 0.4) is 0 Å². The van der Waals surface area contributed by atoms with Gasteiger partial charge in [-0.05, 0) is 11.6 Å². The molecule has 110 valence electrons. The molecule has 0 aliphatic rings. The Morgan fingerprint density at radius 2 is 2.00 bits per heavy atom. The monoisotopic (exact) mass is 402 g/mol. The molecule has 21 heavy (non-hydrogen) atoms. The molecule has 0 amide bonds. The van der Waals surface area contributed by atoms with Crippen molar-refractivity contribution < 1.29 is 0 Å². The molecule has 6 heteroatoms. The third-order valence-corrected chi connectivity index (χ3v) is 6.10. The van der Waals surface area contributed by atoms with Gasteiger partial charge in [0, 0.05) is 45.8 Å². The maximum atomic E-state index is 6.32. The maximum Gasteiger partial charge on any atom is 0.193 e. The fraction of sp³-hybridized carbons (Fsp3) is 0.267. The summed E-state index contributed by atoms with van der Waals surface area (Å²) in [6.45, 7) is 0. The van der Waals surface area contributed by atoms with Gasteiger partial charge in [-0.3, -0.25) is 4.40 Å². The Morgan fingerprint density at radius 1 is 1.24 bits per heavy atom. The lowest BCUT2D eigenvalue weighted by Gasteiger charge is -2.30. The lowest BCUT2D eigenvalue weighted by Crippen LogP contribution is -2.34. The summed E-state index contributed by atoms with van der Waals surface area (Å²) in [6, 6.07) is 8.11. The van der Waals surface area contributed by atoms with Gasteiger partial charge in [0.05, 0.1) is 5.69 Å². The number of alkyl halides is 2. The molecule has 0 aliphatic carbocycles. The van der Waals surface area contributed by atoms with E-state index in [4.69, 9.17) is 23.2 Å². The molecule has 0 bridgehead atoms. The average Bonchev–Trinajstić information content (AvgIpc) is 3.07. The highest BCUT2D eigenvalue weighted by Gasteiger charge is 2.33. The predicted octanol–water partition coefficient (Wildman–Crippen LogP) is 5.12. The topological polar surface area (TPSA) is 17.3 Å². The van der Waals surface area contributed by atoms with Crippen LogP contribution in [-0.4, -0.2) is 21.1 Å². The van der Waals surface area contributed by atoms with Crippen molar-refractivity contribution in [2.45, 2.75) is 11.8 Å². The van der Waals surface area contributed by atoms with Gasteiger partial charge in [-0.15, -0.1) is 34.5 Å². The molecule has 3 aromatic rings. The molecule has 3 rings (SSSR count). The molecule has 2 aromatic heterocycles. The molecule has 0 aliphatic heterocycles. The Morgan fingerprint density at radius 3 is 2.67 bits per heavy atom.